The van der Waals surface area contributed by atoms with Crippen molar-refractivity contribution >= 4 is 150 Å². The monoisotopic (exact) mass is 1330 g/mol. The molecule has 0 aliphatic carbocycles. The quantitative estimate of drug-likeness (QED) is 0.144. The van der Waals surface area contributed by atoms with E-state index in [1.54, 1.807) is 0 Å². The summed E-state index contributed by atoms with van der Waals surface area (Å²) in [5.74, 6) is 0. The SMILES string of the molecule is c1ccc(-c2ccc(-n3c4ccccc4c4cc(-c5ccc(-n6c7ccccc7c7ccc8c9ccccc9sc8c76)cc5)ccc43)cc2)cc1.c1ccc(-n2c3ccccc3c3cc(-c4ccc(-c5ccc(-n6c7ccccc7c7ccc8c9ccccc9sc8c76)cc5)cc4)ccc32)cc1. The summed E-state index contributed by atoms with van der Waals surface area (Å²) in [6, 6.07) is 133. The van der Waals surface area contributed by atoms with Gasteiger partial charge >= 0.3 is 0 Å². The highest BCUT2D eigenvalue weighted by molar-refractivity contribution is 7.27. The zero-order valence-corrected chi connectivity index (χ0v) is 56.9. The molecule has 0 unspecified atom stereocenters. The Hall–Kier alpha value is -12.8. The van der Waals surface area contributed by atoms with Crippen LogP contribution in [0.2, 0.25) is 0 Å². The number of rotatable bonds is 8. The van der Waals surface area contributed by atoms with Crippen molar-refractivity contribution in [3.05, 3.63) is 364 Å². The first-order valence-corrected chi connectivity index (χ1v) is 36.5. The Kier molecular flexibility index (Phi) is 13.3. The molecule has 6 heterocycles. The van der Waals surface area contributed by atoms with Gasteiger partial charge in [-0.2, -0.15) is 0 Å². The molecular weight excluding hydrogens is 1270 g/mol. The molecule has 0 N–H and O–H groups in total. The van der Waals surface area contributed by atoms with Crippen LogP contribution in [0.3, 0.4) is 0 Å². The van der Waals surface area contributed by atoms with Crippen molar-refractivity contribution in [3.63, 3.8) is 0 Å². The maximum atomic E-state index is 2.46. The number of para-hydroxylation sites is 5. The number of nitrogens with zero attached hydrogens (tertiary/aromatic N) is 4. The minimum atomic E-state index is 1.16. The highest BCUT2D eigenvalue weighted by Gasteiger charge is 2.22. The van der Waals surface area contributed by atoms with Gasteiger partial charge in [0.2, 0.25) is 0 Å². The molecule has 6 heteroatoms. The summed E-state index contributed by atoms with van der Waals surface area (Å²) in [6.45, 7) is 0. The van der Waals surface area contributed by atoms with Gasteiger partial charge in [-0.05, 0) is 154 Å². The summed E-state index contributed by atoms with van der Waals surface area (Å²) < 4.78 is 15.0. The van der Waals surface area contributed by atoms with Crippen LogP contribution >= 0.6 is 22.7 Å². The molecule has 476 valence electrons. The van der Waals surface area contributed by atoms with E-state index in [2.05, 4.69) is 382 Å². The van der Waals surface area contributed by atoms with Crippen LogP contribution in [0.1, 0.15) is 0 Å². The lowest BCUT2D eigenvalue weighted by Gasteiger charge is -2.11. The Morgan fingerprint density at radius 1 is 0.157 bits per heavy atom. The average Bonchev–Trinajstić information content (AvgIpc) is 1.58. The molecule has 0 amide bonds. The van der Waals surface area contributed by atoms with Crippen LogP contribution in [0.25, 0.3) is 195 Å². The maximum Gasteiger partial charge on any atom is 0.0719 e. The van der Waals surface area contributed by atoms with E-state index in [9.17, 15) is 0 Å². The number of hydrogen-bond donors (Lipinski definition) is 0. The predicted octanol–water partition coefficient (Wildman–Crippen LogP) is 27.2. The Morgan fingerprint density at radius 2 is 0.422 bits per heavy atom. The standard InChI is InChI=1S/2C48H30N2S/c1-2-10-31(11-3-1)32-18-23-35(24-19-32)49-43-15-7-5-13-38(43)42-30-34(22-29-45(42)49)33-20-25-36(26-21-33)50-44-16-8-4-12-37(44)40-27-28-41-39-14-6-9-17-46(39)51-48(41)47(40)50;1-2-10-35(11-3-1)49-43-15-7-5-13-38(43)42-30-34(24-29-45(42)49)33-20-18-31(19-21-33)32-22-25-36(26-23-32)50-44-16-8-4-12-37(44)40-27-28-41-39-14-6-9-17-46(39)51-48(41)47(40)50/h2*1-30H. The molecule has 16 aromatic carbocycles. The number of fused-ring (bicyclic) bond motifs is 20. The molecule has 22 aromatic rings. The second-order valence-electron chi connectivity index (χ2n) is 26.7. The molecule has 0 saturated heterocycles. The van der Waals surface area contributed by atoms with Gasteiger partial charge in [-0.3, -0.25) is 0 Å². The van der Waals surface area contributed by atoms with Gasteiger partial charge in [-0.25, -0.2) is 0 Å². The van der Waals surface area contributed by atoms with Crippen molar-refractivity contribution in [3.8, 4) is 67.3 Å². The van der Waals surface area contributed by atoms with Crippen LogP contribution in [-0.4, -0.2) is 18.3 Å². The van der Waals surface area contributed by atoms with E-state index in [0.717, 1.165) is 5.69 Å². The fraction of sp³-hybridized carbons (Fsp3) is 0. The number of aromatic nitrogens is 4. The molecule has 0 aliphatic rings. The summed E-state index contributed by atoms with van der Waals surface area (Å²) in [6.07, 6.45) is 0. The fourth-order valence-electron chi connectivity index (χ4n) is 16.3. The summed E-state index contributed by atoms with van der Waals surface area (Å²) in [4.78, 5) is 0. The first kappa shape index (κ1) is 58.2. The van der Waals surface area contributed by atoms with E-state index in [0.29, 0.717) is 0 Å². The zero-order valence-electron chi connectivity index (χ0n) is 55.2. The fourth-order valence-corrected chi connectivity index (χ4v) is 18.8. The zero-order chi connectivity index (χ0) is 66.9. The van der Waals surface area contributed by atoms with Crippen molar-refractivity contribution in [2.45, 2.75) is 0 Å². The molecule has 22 rings (SSSR count). The molecule has 0 spiro atoms. The minimum absolute atomic E-state index is 1.16. The van der Waals surface area contributed by atoms with Crippen LogP contribution in [0.15, 0.2) is 364 Å². The second-order valence-corrected chi connectivity index (χ2v) is 28.8. The third-order valence-corrected chi connectivity index (χ3v) is 23.5. The van der Waals surface area contributed by atoms with E-state index in [1.165, 1.54) is 189 Å². The van der Waals surface area contributed by atoms with Gasteiger partial charge in [-0.1, -0.05) is 255 Å². The Balaban J connectivity index is 0.000000133. The first-order valence-electron chi connectivity index (χ1n) is 34.9. The molecule has 0 saturated carbocycles. The first-order chi connectivity index (χ1) is 50.6. The number of benzene rings is 16. The van der Waals surface area contributed by atoms with Gasteiger partial charge in [0.25, 0.3) is 0 Å². The van der Waals surface area contributed by atoms with Crippen molar-refractivity contribution in [1.82, 2.24) is 18.3 Å². The summed E-state index contributed by atoms with van der Waals surface area (Å²) in [5, 5.41) is 15.5. The van der Waals surface area contributed by atoms with Crippen LogP contribution < -0.4 is 0 Å². The van der Waals surface area contributed by atoms with Gasteiger partial charge in [0, 0.05) is 96.8 Å². The summed E-state index contributed by atoms with van der Waals surface area (Å²) in [5.41, 5.74) is 24.3. The molecule has 0 radical (unpaired) electrons. The normalized spacial score (nSPS) is 11.9. The topological polar surface area (TPSA) is 19.7 Å². The lowest BCUT2D eigenvalue weighted by atomic mass is 9.99. The maximum absolute atomic E-state index is 2.46. The molecule has 0 atom stereocenters. The third kappa shape index (κ3) is 9.20. The van der Waals surface area contributed by atoms with Crippen molar-refractivity contribution in [2.24, 2.45) is 0 Å². The van der Waals surface area contributed by atoms with Crippen LogP contribution in [0.4, 0.5) is 0 Å². The van der Waals surface area contributed by atoms with E-state index < -0.39 is 0 Å². The Labute approximate surface area is 595 Å². The molecule has 0 bridgehead atoms. The highest BCUT2D eigenvalue weighted by Crippen LogP contribution is 2.46. The minimum Gasteiger partial charge on any atom is -0.309 e. The molecular formula is C96H60N4S2. The van der Waals surface area contributed by atoms with Gasteiger partial charge in [-0.15, -0.1) is 22.7 Å². The smallest absolute Gasteiger partial charge is 0.0719 e. The molecule has 102 heavy (non-hydrogen) atoms. The van der Waals surface area contributed by atoms with Crippen LogP contribution in [-0.2, 0) is 0 Å². The van der Waals surface area contributed by atoms with Gasteiger partial charge in [0.05, 0.1) is 53.5 Å². The molecule has 0 aliphatic heterocycles. The predicted molar refractivity (Wildman–Crippen MR) is 438 cm³/mol. The van der Waals surface area contributed by atoms with Gasteiger partial charge in [0.1, 0.15) is 0 Å². The van der Waals surface area contributed by atoms with Gasteiger partial charge in [0.15, 0.2) is 0 Å². The largest absolute Gasteiger partial charge is 0.309 e. The Morgan fingerprint density at radius 3 is 0.833 bits per heavy atom. The van der Waals surface area contributed by atoms with E-state index in [4.69, 9.17) is 0 Å². The molecule has 4 nitrogen and oxygen atoms in total. The van der Waals surface area contributed by atoms with Crippen LogP contribution in [0, 0.1) is 0 Å². The lowest BCUT2D eigenvalue weighted by Crippen LogP contribution is -1.94. The summed E-state index contributed by atoms with van der Waals surface area (Å²) in [7, 11) is 0. The van der Waals surface area contributed by atoms with E-state index in [-0.39, 0.29) is 0 Å². The van der Waals surface area contributed by atoms with E-state index >= 15 is 0 Å². The second kappa shape index (κ2) is 23.4. The van der Waals surface area contributed by atoms with Crippen LogP contribution in [0.5, 0.6) is 0 Å². The average molecular weight is 1330 g/mol. The molecule has 0 fully saturated rings. The van der Waals surface area contributed by atoms with Crippen molar-refractivity contribution in [2.75, 3.05) is 0 Å². The highest BCUT2D eigenvalue weighted by atomic mass is 32.1. The number of hydrogen-bond acceptors (Lipinski definition) is 2. The lowest BCUT2D eigenvalue weighted by molar-refractivity contribution is 1.18. The third-order valence-electron chi connectivity index (χ3n) is 21.1. The van der Waals surface area contributed by atoms with Crippen molar-refractivity contribution < 1.29 is 0 Å². The summed E-state index contributed by atoms with van der Waals surface area (Å²) >= 11 is 3.79. The van der Waals surface area contributed by atoms with Crippen molar-refractivity contribution in [1.29, 1.82) is 0 Å². The molecule has 6 aromatic heterocycles. The van der Waals surface area contributed by atoms with E-state index in [1.807, 2.05) is 22.7 Å². The van der Waals surface area contributed by atoms with Gasteiger partial charge < -0.3 is 18.3 Å². The number of thiophene rings is 2. The Bertz CT molecular complexity index is 7070.